The molecule has 12 heteroatoms. The number of amides is 2. The molecule has 32 heavy (non-hydrogen) atoms. The Kier molecular flexibility index (Phi) is 5.87. The van der Waals surface area contributed by atoms with E-state index < -0.39 is 46.3 Å². The number of carbonyl (C=O) groups excluding carboxylic acids is 1. The summed E-state index contributed by atoms with van der Waals surface area (Å²) >= 11 is 0. The average Bonchev–Trinajstić information content (AvgIpc) is 3.17. The molecule has 0 bridgehead atoms. The lowest BCUT2D eigenvalue weighted by atomic mass is 10.1. The fourth-order valence-electron chi connectivity index (χ4n) is 3.37. The minimum Gasteiger partial charge on any atom is -0.450 e. The number of rotatable bonds is 4. The van der Waals surface area contributed by atoms with Gasteiger partial charge in [0, 0.05) is 49.5 Å². The van der Waals surface area contributed by atoms with Crippen molar-refractivity contribution >= 4 is 22.8 Å². The maximum absolute atomic E-state index is 14.6. The Balaban J connectivity index is 1.56. The first-order valence-electron chi connectivity index (χ1n) is 9.58. The Labute approximate surface area is 177 Å². The van der Waals surface area contributed by atoms with Crippen molar-refractivity contribution < 1.29 is 36.2 Å². The Morgan fingerprint density at radius 1 is 1.19 bits per heavy atom. The number of alkyl halides is 3. The Morgan fingerprint density at radius 2 is 1.88 bits per heavy atom. The lowest BCUT2D eigenvalue weighted by Gasteiger charge is -2.23. The van der Waals surface area contributed by atoms with Crippen LogP contribution in [0.2, 0.25) is 0 Å². The normalized spacial score (nSPS) is 15.0. The number of ether oxygens (including phenoxy) is 2. The molecule has 3 aromatic rings. The predicted molar refractivity (Wildman–Crippen MR) is 104 cm³/mol. The first-order chi connectivity index (χ1) is 15.2. The summed E-state index contributed by atoms with van der Waals surface area (Å²) in [5.41, 5.74) is -1.42. The summed E-state index contributed by atoms with van der Waals surface area (Å²) in [5, 5.41) is 4.54. The maximum Gasteiger partial charge on any atom is 0.418 e. The zero-order valence-electron chi connectivity index (χ0n) is 16.4. The Morgan fingerprint density at radius 3 is 2.53 bits per heavy atom. The topological polar surface area (TPSA) is 88.3 Å². The molecule has 0 unspecified atom stereocenters. The molecule has 1 aliphatic heterocycles. The number of nitrogens with zero attached hydrogens (tertiary/aromatic N) is 1. The number of hydrogen-bond acceptors (Lipinski definition) is 4. The summed E-state index contributed by atoms with van der Waals surface area (Å²) < 4.78 is 79.3. The van der Waals surface area contributed by atoms with E-state index in [1.165, 1.54) is 0 Å². The molecule has 1 aromatic carbocycles. The van der Waals surface area contributed by atoms with Crippen LogP contribution in [0.3, 0.4) is 0 Å². The molecule has 1 aliphatic rings. The summed E-state index contributed by atoms with van der Waals surface area (Å²) in [6.45, 7) is 0.999. The molecule has 2 aromatic heterocycles. The first kappa shape index (κ1) is 21.8. The molecule has 0 atom stereocenters. The summed E-state index contributed by atoms with van der Waals surface area (Å²) in [6.07, 6.45) is -1.67. The van der Waals surface area contributed by atoms with E-state index in [0.29, 0.717) is 32.3 Å². The second kappa shape index (κ2) is 8.61. The molecule has 3 heterocycles. The van der Waals surface area contributed by atoms with Crippen LogP contribution in [-0.4, -0.2) is 35.3 Å². The van der Waals surface area contributed by atoms with Crippen LogP contribution in [0.5, 0.6) is 11.5 Å². The van der Waals surface area contributed by atoms with Crippen molar-refractivity contribution in [1.82, 2.24) is 15.3 Å². The number of anilines is 1. The van der Waals surface area contributed by atoms with E-state index in [2.05, 4.69) is 20.6 Å². The van der Waals surface area contributed by atoms with Gasteiger partial charge in [0.25, 0.3) is 0 Å². The number of carbonyl (C=O) groups is 1. The monoisotopic (exact) mass is 456 g/mol. The molecule has 1 saturated heterocycles. The highest BCUT2D eigenvalue weighted by atomic mass is 19.4. The van der Waals surface area contributed by atoms with Crippen molar-refractivity contribution in [3.8, 4) is 11.5 Å². The van der Waals surface area contributed by atoms with Crippen LogP contribution in [0.1, 0.15) is 18.4 Å². The number of halogens is 5. The molecule has 3 N–H and O–H groups in total. The number of pyridine rings is 1. The van der Waals surface area contributed by atoms with Crippen LogP contribution in [0.4, 0.5) is 32.4 Å². The van der Waals surface area contributed by atoms with Gasteiger partial charge in [0.15, 0.2) is 17.4 Å². The van der Waals surface area contributed by atoms with Crippen molar-refractivity contribution in [2.24, 2.45) is 0 Å². The lowest BCUT2D eigenvalue weighted by Crippen LogP contribution is -2.41. The molecule has 2 amide bonds. The van der Waals surface area contributed by atoms with Crippen molar-refractivity contribution in [2.75, 3.05) is 18.5 Å². The summed E-state index contributed by atoms with van der Waals surface area (Å²) in [5.74, 6) is -3.76. The zero-order valence-corrected chi connectivity index (χ0v) is 16.4. The van der Waals surface area contributed by atoms with Gasteiger partial charge < -0.3 is 25.1 Å². The largest absolute Gasteiger partial charge is 0.450 e. The van der Waals surface area contributed by atoms with Crippen LogP contribution in [0.15, 0.2) is 30.6 Å². The number of fused-ring (bicyclic) bond motifs is 1. The quantitative estimate of drug-likeness (QED) is 0.485. The maximum atomic E-state index is 14.6. The second-order valence-corrected chi connectivity index (χ2v) is 7.09. The van der Waals surface area contributed by atoms with Gasteiger partial charge in [-0.15, -0.1) is 0 Å². The SMILES string of the molecule is O=C(Nc1cc(F)c(Oc2ccnc3[nH]cc(C(F)(F)F)c23)c(F)c1)NC1CCOCC1. The number of aromatic nitrogens is 2. The number of H-pyrrole nitrogens is 1. The fraction of sp³-hybridized carbons (Fsp3) is 0.300. The summed E-state index contributed by atoms with van der Waals surface area (Å²) in [6, 6.07) is 1.91. The van der Waals surface area contributed by atoms with Crippen LogP contribution in [-0.2, 0) is 10.9 Å². The van der Waals surface area contributed by atoms with E-state index in [1.54, 1.807) is 0 Å². The molecule has 0 aliphatic carbocycles. The van der Waals surface area contributed by atoms with E-state index in [1.807, 2.05) is 0 Å². The number of hydrogen-bond donors (Lipinski definition) is 3. The minimum atomic E-state index is -4.73. The van der Waals surface area contributed by atoms with Gasteiger partial charge in [-0.1, -0.05) is 0 Å². The van der Waals surface area contributed by atoms with Crippen molar-refractivity contribution in [3.05, 3.63) is 47.8 Å². The van der Waals surface area contributed by atoms with Crippen LogP contribution in [0.25, 0.3) is 11.0 Å². The van der Waals surface area contributed by atoms with Gasteiger partial charge in [-0.2, -0.15) is 13.2 Å². The third kappa shape index (κ3) is 4.59. The zero-order chi connectivity index (χ0) is 22.9. The molecule has 7 nitrogen and oxygen atoms in total. The highest BCUT2D eigenvalue weighted by molar-refractivity contribution is 5.90. The number of benzene rings is 1. The average molecular weight is 456 g/mol. The molecule has 1 fully saturated rings. The van der Waals surface area contributed by atoms with Gasteiger partial charge >= 0.3 is 12.2 Å². The molecule has 4 rings (SSSR count). The predicted octanol–water partition coefficient (Wildman–Crippen LogP) is 4.95. The van der Waals surface area contributed by atoms with Gasteiger partial charge in [0.2, 0.25) is 0 Å². The molecule has 0 saturated carbocycles. The summed E-state index contributed by atoms with van der Waals surface area (Å²) in [7, 11) is 0. The fourth-order valence-corrected chi connectivity index (χ4v) is 3.37. The molecule has 0 radical (unpaired) electrons. The van der Waals surface area contributed by atoms with Crippen molar-refractivity contribution in [2.45, 2.75) is 25.1 Å². The molecule has 0 spiro atoms. The van der Waals surface area contributed by atoms with Gasteiger partial charge in [-0.05, 0) is 18.9 Å². The molecular weight excluding hydrogens is 439 g/mol. The van der Waals surface area contributed by atoms with Crippen LogP contribution >= 0.6 is 0 Å². The smallest absolute Gasteiger partial charge is 0.418 e. The highest BCUT2D eigenvalue weighted by Crippen LogP contribution is 2.40. The minimum absolute atomic E-state index is 0.126. The molecule has 170 valence electrons. The number of nitrogens with one attached hydrogen (secondary N) is 3. The first-order valence-corrected chi connectivity index (χ1v) is 9.58. The molecular formula is C20H17F5N4O3. The van der Waals surface area contributed by atoms with Gasteiger partial charge in [0.1, 0.15) is 11.4 Å². The third-order valence-electron chi connectivity index (χ3n) is 4.87. The third-order valence-corrected chi connectivity index (χ3v) is 4.87. The van der Waals surface area contributed by atoms with Crippen molar-refractivity contribution in [3.63, 3.8) is 0 Å². The van der Waals surface area contributed by atoms with Gasteiger partial charge in [0.05, 0.1) is 10.9 Å². The van der Waals surface area contributed by atoms with E-state index in [9.17, 15) is 26.7 Å². The van der Waals surface area contributed by atoms with Crippen LogP contribution < -0.4 is 15.4 Å². The van der Waals surface area contributed by atoms with Crippen LogP contribution in [0, 0.1) is 11.6 Å². The number of aromatic amines is 1. The van der Waals surface area contributed by atoms with Gasteiger partial charge in [-0.25, -0.2) is 18.6 Å². The van der Waals surface area contributed by atoms with E-state index in [-0.39, 0.29) is 17.4 Å². The highest BCUT2D eigenvalue weighted by Gasteiger charge is 2.35. The van der Waals surface area contributed by atoms with E-state index in [0.717, 1.165) is 24.4 Å². The van der Waals surface area contributed by atoms with Crippen molar-refractivity contribution in [1.29, 1.82) is 0 Å². The summed E-state index contributed by atoms with van der Waals surface area (Å²) in [4.78, 5) is 18.2. The van der Waals surface area contributed by atoms with E-state index in [4.69, 9.17) is 9.47 Å². The lowest BCUT2D eigenvalue weighted by molar-refractivity contribution is -0.136. The standard InChI is InChI=1S/C20H17F5N4O3/c21-13-7-11(29-19(30)28-10-2-5-31-6-3-10)8-14(22)17(13)32-15-1-4-26-18-16(15)12(9-27-18)20(23,24)25/h1,4,7-10H,2-3,5-6H2,(H,26,27)(H2,28,29,30). The Bertz CT molecular complexity index is 1120. The Hall–Kier alpha value is -3.41. The second-order valence-electron chi connectivity index (χ2n) is 7.09. The van der Waals surface area contributed by atoms with Gasteiger partial charge in [-0.3, -0.25) is 0 Å². The van der Waals surface area contributed by atoms with E-state index >= 15 is 0 Å². The number of urea groups is 1.